The third kappa shape index (κ3) is 5.57. The average Bonchev–Trinajstić information content (AvgIpc) is 2.36. The number of hydrogen-bond donors (Lipinski definition) is 1. The lowest BCUT2D eigenvalue weighted by atomic mass is 10.2. The zero-order valence-corrected chi connectivity index (χ0v) is 13.4. The van der Waals surface area contributed by atoms with E-state index in [2.05, 4.69) is 5.32 Å². The van der Waals surface area contributed by atoms with E-state index in [4.69, 9.17) is 39.5 Å². The molecular weight excluding hydrogens is 343 g/mol. The van der Waals surface area contributed by atoms with Crippen molar-refractivity contribution in [1.82, 2.24) is 5.32 Å². The molecule has 0 heterocycles. The lowest BCUT2D eigenvalue weighted by Crippen LogP contribution is -2.49. The molecule has 0 spiro atoms. The Morgan fingerprint density at radius 1 is 1.38 bits per heavy atom. The molecule has 21 heavy (non-hydrogen) atoms. The molecule has 0 saturated carbocycles. The summed E-state index contributed by atoms with van der Waals surface area (Å²) in [7, 11) is 0. The molecule has 0 radical (unpaired) electrons. The molecule has 6 nitrogen and oxygen atoms in total. The number of nitro benzene ring substituents is 1. The fourth-order valence-electron chi connectivity index (χ4n) is 1.28. The van der Waals surface area contributed by atoms with E-state index in [-0.39, 0.29) is 23.3 Å². The Morgan fingerprint density at radius 3 is 2.48 bits per heavy atom. The van der Waals surface area contributed by atoms with Gasteiger partial charge in [-0.05, 0) is 6.07 Å². The number of hydrogen-bond acceptors (Lipinski definition) is 4. The third-order valence-electron chi connectivity index (χ3n) is 2.38. The van der Waals surface area contributed by atoms with Gasteiger partial charge in [0.1, 0.15) is 5.75 Å². The maximum absolute atomic E-state index is 11.7. The standard InChI is InChI=1S/C12H13Cl3N2O4/c1-7(2)10(18)16-11(12(13,14)15)21-9-5-3-4-8(6-9)17(19)20/h3-7,11H,1-2H3,(H,16,18). The van der Waals surface area contributed by atoms with Gasteiger partial charge in [0.25, 0.3) is 5.69 Å². The Labute approximate surface area is 136 Å². The predicted molar refractivity (Wildman–Crippen MR) is 80.8 cm³/mol. The fourth-order valence-corrected chi connectivity index (χ4v) is 1.58. The molecule has 9 heteroatoms. The van der Waals surface area contributed by atoms with Gasteiger partial charge in [-0.2, -0.15) is 0 Å². The van der Waals surface area contributed by atoms with Crippen LogP contribution in [0.1, 0.15) is 13.8 Å². The largest absolute Gasteiger partial charge is 0.466 e. The minimum Gasteiger partial charge on any atom is -0.466 e. The number of carbonyl (C=O) groups excluding carboxylic acids is 1. The second-order valence-corrected chi connectivity index (χ2v) is 6.83. The van der Waals surface area contributed by atoms with Gasteiger partial charge in [0.05, 0.1) is 11.0 Å². The van der Waals surface area contributed by atoms with Crippen LogP contribution in [0.4, 0.5) is 5.69 Å². The highest BCUT2D eigenvalue weighted by atomic mass is 35.6. The van der Waals surface area contributed by atoms with Crippen LogP contribution in [-0.2, 0) is 4.79 Å². The molecule has 0 aliphatic rings. The van der Waals surface area contributed by atoms with Crippen molar-refractivity contribution < 1.29 is 14.5 Å². The van der Waals surface area contributed by atoms with Crippen molar-refractivity contribution >= 4 is 46.4 Å². The molecule has 0 saturated heterocycles. The summed E-state index contributed by atoms with van der Waals surface area (Å²) in [6.45, 7) is 3.33. The van der Waals surface area contributed by atoms with Crippen LogP contribution in [0.3, 0.4) is 0 Å². The molecule has 1 aromatic rings. The third-order valence-corrected chi connectivity index (χ3v) is 2.97. The van der Waals surface area contributed by atoms with Gasteiger partial charge < -0.3 is 10.1 Å². The molecule has 116 valence electrons. The quantitative estimate of drug-likeness (QED) is 0.380. The number of alkyl halides is 3. The molecule has 0 aliphatic heterocycles. The summed E-state index contributed by atoms with van der Waals surface area (Å²) < 4.78 is 3.42. The fraction of sp³-hybridized carbons (Fsp3) is 0.417. The molecule has 1 amide bonds. The number of ether oxygens (including phenoxy) is 1. The van der Waals surface area contributed by atoms with Gasteiger partial charge in [-0.25, -0.2) is 0 Å². The molecule has 0 aromatic heterocycles. The van der Waals surface area contributed by atoms with Crippen molar-refractivity contribution in [3.63, 3.8) is 0 Å². The van der Waals surface area contributed by atoms with Gasteiger partial charge in [0, 0.05) is 12.0 Å². The normalized spacial score (nSPS) is 12.9. The average molecular weight is 356 g/mol. The summed E-state index contributed by atoms with van der Waals surface area (Å²) in [5, 5.41) is 13.1. The summed E-state index contributed by atoms with van der Waals surface area (Å²) in [5.41, 5.74) is -0.175. The highest BCUT2D eigenvalue weighted by molar-refractivity contribution is 6.68. The van der Waals surface area contributed by atoms with Crippen LogP contribution < -0.4 is 10.1 Å². The maximum atomic E-state index is 11.7. The molecule has 1 atom stereocenters. The van der Waals surface area contributed by atoms with E-state index in [0.29, 0.717) is 0 Å². The van der Waals surface area contributed by atoms with Crippen LogP contribution in [-0.4, -0.2) is 20.9 Å². The zero-order chi connectivity index (χ0) is 16.2. The van der Waals surface area contributed by atoms with Crippen LogP contribution in [0.25, 0.3) is 0 Å². The first-order valence-corrected chi connectivity index (χ1v) is 7.03. The zero-order valence-electron chi connectivity index (χ0n) is 11.2. The highest BCUT2D eigenvalue weighted by Gasteiger charge is 2.36. The molecule has 0 bridgehead atoms. The molecule has 1 aromatic carbocycles. The number of amides is 1. The topological polar surface area (TPSA) is 81.5 Å². The first-order valence-electron chi connectivity index (χ1n) is 5.89. The van der Waals surface area contributed by atoms with Crippen LogP contribution in [0.15, 0.2) is 24.3 Å². The lowest BCUT2D eigenvalue weighted by Gasteiger charge is -2.26. The van der Waals surface area contributed by atoms with E-state index in [9.17, 15) is 14.9 Å². The van der Waals surface area contributed by atoms with Crippen molar-refractivity contribution in [2.75, 3.05) is 0 Å². The SMILES string of the molecule is CC(C)C(=O)NC(Oc1cccc([N+](=O)[O-])c1)C(Cl)(Cl)Cl. The predicted octanol–water partition coefficient (Wildman–Crippen LogP) is 3.44. The molecule has 0 aliphatic carbocycles. The maximum Gasteiger partial charge on any atom is 0.273 e. The Morgan fingerprint density at radius 2 is 2.00 bits per heavy atom. The summed E-state index contributed by atoms with van der Waals surface area (Å²) >= 11 is 17.3. The van der Waals surface area contributed by atoms with Crippen LogP contribution in [0, 0.1) is 16.0 Å². The van der Waals surface area contributed by atoms with Gasteiger partial charge >= 0.3 is 0 Å². The number of halogens is 3. The van der Waals surface area contributed by atoms with E-state index in [1.165, 1.54) is 24.3 Å². The van der Waals surface area contributed by atoms with Crippen LogP contribution >= 0.6 is 34.8 Å². The molecule has 1 unspecified atom stereocenters. The highest BCUT2D eigenvalue weighted by Crippen LogP contribution is 2.32. The van der Waals surface area contributed by atoms with Crippen LogP contribution in [0.5, 0.6) is 5.75 Å². The summed E-state index contributed by atoms with van der Waals surface area (Å²) in [6, 6.07) is 5.35. The molecule has 1 rings (SSSR count). The minimum atomic E-state index is -1.94. The van der Waals surface area contributed by atoms with Crippen molar-refractivity contribution in [3.8, 4) is 5.75 Å². The van der Waals surface area contributed by atoms with Gasteiger partial charge in [-0.15, -0.1) is 0 Å². The number of nitrogens with one attached hydrogen (secondary N) is 1. The van der Waals surface area contributed by atoms with Gasteiger partial charge in [0.2, 0.25) is 15.9 Å². The van der Waals surface area contributed by atoms with Crippen molar-refractivity contribution in [1.29, 1.82) is 0 Å². The lowest BCUT2D eigenvalue weighted by molar-refractivity contribution is -0.384. The number of nitrogens with zero attached hydrogens (tertiary/aromatic N) is 1. The molecule has 0 fully saturated rings. The number of carbonyl (C=O) groups is 1. The molecular formula is C12H13Cl3N2O4. The summed E-state index contributed by atoms with van der Waals surface area (Å²) in [5.74, 6) is -0.616. The van der Waals surface area contributed by atoms with Crippen LogP contribution in [0.2, 0.25) is 0 Å². The van der Waals surface area contributed by atoms with Gasteiger partial charge in [0.15, 0.2) is 0 Å². The Hall–Kier alpha value is -1.24. The van der Waals surface area contributed by atoms with E-state index in [1.807, 2.05) is 0 Å². The monoisotopic (exact) mass is 354 g/mol. The minimum absolute atomic E-state index is 0.101. The van der Waals surface area contributed by atoms with Gasteiger partial charge in [-0.3, -0.25) is 14.9 Å². The second-order valence-electron chi connectivity index (χ2n) is 4.46. The smallest absolute Gasteiger partial charge is 0.273 e. The first-order chi connectivity index (χ1) is 9.61. The Bertz CT molecular complexity index is 531. The van der Waals surface area contributed by atoms with Crippen molar-refractivity contribution in [2.45, 2.75) is 23.9 Å². The van der Waals surface area contributed by atoms with E-state index in [1.54, 1.807) is 13.8 Å². The molecule has 1 N–H and O–H groups in total. The number of rotatable bonds is 5. The number of benzene rings is 1. The first kappa shape index (κ1) is 17.8. The van der Waals surface area contributed by atoms with Gasteiger partial charge in [-0.1, -0.05) is 54.7 Å². The Balaban J connectivity index is 2.94. The van der Waals surface area contributed by atoms with Crippen molar-refractivity contribution in [2.24, 2.45) is 5.92 Å². The second kappa shape index (κ2) is 7.15. The number of non-ortho nitro benzene ring substituents is 1. The Kier molecular flexibility index (Phi) is 6.07. The van der Waals surface area contributed by atoms with E-state index in [0.717, 1.165) is 0 Å². The number of nitro groups is 1. The summed E-state index contributed by atoms with van der Waals surface area (Å²) in [4.78, 5) is 21.8. The summed E-state index contributed by atoms with van der Waals surface area (Å²) in [6.07, 6.45) is -1.28. The van der Waals surface area contributed by atoms with E-state index >= 15 is 0 Å². The van der Waals surface area contributed by atoms with Crippen molar-refractivity contribution in [3.05, 3.63) is 34.4 Å². The van der Waals surface area contributed by atoms with E-state index < -0.39 is 14.9 Å².